The fourth-order valence-electron chi connectivity index (χ4n) is 1.12. The lowest BCUT2D eigenvalue weighted by atomic mass is 10.2. The number of rotatable bonds is 5. The highest BCUT2D eigenvalue weighted by Crippen LogP contribution is 2.14. The average Bonchev–Trinajstić information content (AvgIpc) is 2.75. The summed E-state index contributed by atoms with van der Waals surface area (Å²) in [6.45, 7) is 5.07. The molecule has 1 aromatic heterocycles. The van der Waals surface area contributed by atoms with Gasteiger partial charge in [0.25, 0.3) is 0 Å². The molecule has 1 unspecified atom stereocenters. The van der Waals surface area contributed by atoms with Crippen molar-refractivity contribution in [3.63, 3.8) is 0 Å². The first kappa shape index (κ1) is 13.9. The van der Waals surface area contributed by atoms with Crippen LogP contribution in [0.15, 0.2) is 4.52 Å². The largest absolute Gasteiger partial charge is 0.480 e. The average molecular weight is 256 g/mol. The number of hydrogen-bond acceptors (Lipinski definition) is 5. The summed E-state index contributed by atoms with van der Waals surface area (Å²) in [5.41, 5.74) is 0. The van der Waals surface area contributed by atoms with E-state index in [4.69, 9.17) is 9.63 Å². The molecule has 0 fully saturated rings. The SMILES string of the molecule is CC(C)c1noc(C(C)NC(=O)NCC(=O)O)n1. The summed E-state index contributed by atoms with van der Waals surface area (Å²) < 4.78 is 4.99. The van der Waals surface area contributed by atoms with Gasteiger partial charge < -0.3 is 20.3 Å². The van der Waals surface area contributed by atoms with E-state index in [0.717, 1.165) is 0 Å². The zero-order chi connectivity index (χ0) is 13.7. The fraction of sp³-hybridized carbons (Fsp3) is 0.600. The Hall–Kier alpha value is -2.12. The third kappa shape index (κ3) is 4.04. The van der Waals surface area contributed by atoms with Gasteiger partial charge in [-0.1, -0.05) is 19.0 Å². The molecular formula is C10H16N4O4. The van der Waals surface area contributed by atoms with Crippen molar-refractivity contribution < 1.29 is 19.2 Å². The van der Waals surface area contributed by atoms with Crippen LogP contribution in [0, 0.1) is 0 Å². The van der Waals surface area contributed by atoms with Crippen LogP contribution in [0.5, 0.6) is 0 Å². The molecule has 0 bridgehead atoms. The first-order valence-electron chi connectivity index (χ1n) is 5.49. The Bertz CT molecular complexity index is 429. The number of carboxylic acid groups (broad SMARTS) is 1. The number of hydrogen-bond donors (Lipinski definition) is 3. The van der Waals surface area contributed by atoms with Crippen molar-refractivity contribution in [1.29, 1.82) is 0 Å². The van der Waals surface area contributed by atoms with Crippen molar-refractivity contribution in [2.75, 3.05) is 6.54 Å². The van der Waals surface area contributed by atoms with E-state index in [-0.39, 0.29) is 11.8 Å². The van der Waals surface area contributed by atoms with E-state index in [2.05, 4.69) is 20.8 Å². The van der Waals surface area contributed by atoms with Crippen LogP contribution in [-0.4, -0.2) is 33.8 Å². The van der Waals surface area contributed by atoms with Gasteiger partial charge in [-0.3, -0.25) is 4.79 Å². The first-order chi connectivity index (χ1) is 8.40. The number of aliphatic carboxylic acids is 1. The number of nitrogens with zero attached hydrogens (tertiary/aromatic N) is 2. The summed E-state index contributed by atoms with van der Waals surface area (Å²) in [6, 6.07) is -1.09. The van der Waals surface area contributed by atoms with Crippen LogP contribution in [-0.2, 0) is 4.79 Å². The van der Waals surface area contributed by atoms with E-state index in [0.29, 0.717) is 5.82 Å². The van der Waals surface area contributed by atoms with Crippen LogP contribution < -0.4 is 10.6 Å². The number of urea groups is 1. The Morgan fingerprint density at radius 1 is 1.39 bits per heavy atom. The summed E-state index contributed by atoms with van der Waals surface area (Å²) in [4.78, 5) is 25.7. The van der Waals surface area contributed by atoms with Crippen molar-refractivity contribution in [2.24, 2.45) is 0 Å². The van der Waals surface area contributed by atoms with Crippen LogP contribution in [0.25, 0.3) is 0 Å². The fourth-order valence-corrected chi connectivity index (χ4v) is 1.12. The molecule has 0 aliphatic carbocycles. The molecular weight excluding hydrogens is 240 g/mol. The molecule has 18 heavy (non-hydrogen) atoms. The Balaban J connectivity index is 2.51. The molecule has 1 rings (SSSR count). The molecule has 1 heterocycles. The van der Waals surface area contributed by atoms with Gasteiger partial charge in [0.15, 0.2) is 5.82 Å². The van der Waals surface area contributed by atoms with Crippen LogP contribution in [0.4, 0.5) is 4.79 Å². The second-order valence-corrected chi connectivity index (χ2v) is 4.09. The molecule has 2 amide bonds. The van der Waals surface area contributed by atoms with Gasteiger partial charge in [-0.25, -0.2) is 4.79 Å². The summed E-state index contributed by atoms with van der Waals surface area (Å²) >= 11 is 0. The second-order valence-electron chi connectivity index (χ2n) is 4.09. The smallest absolute Gasteiger partial charge is 0.323 e. The van der Waals surface area contributed by atoms with Gasteiger partial charge in [0, 0.05) is 5.92 Å². The van der Waals surface area contributed by atoms with E-state index < -0.39 is 24.6 Å². The third-order valence-corrected chi connectivity index (χ3v) is 2.09. The Morgan fingerprint density at radius 3 is 2.56 bits per heavy atom. The van der Waals surface area contributed by atoms with Crippen molar-refractivity contribution in [3.05, 3.63) is 11.7 Å². The zero-order valence-electron chi connectivity index (χ0n) is 10.4. The van der Waals surface area contributed by atoms with E-state index in [1.165, 1.54) is 0 Å². The molecule has 8 nitrogen and oxygen atoms in total. The lowest BCUT2D eigenvalue weighted by Gasteiger charge is -2.09. The standard InChI is InChI=1S/C10H16N4O4/c1-5(2)8-13-9(18-14-8)6(3)12-10(17)11-4-7(15)16/h5-6H,4H2,1-3H3,(H,15,16)(H2,11,12,17). The summed E-state index contributed by atoms with van der Waals surface area (Å²) in [5, 5.41) is 16.8. The molecule has 1 aromatic rings. The highest BCUT2D eigenvalue weighted by molar-refractivity contribution is 5.79. The highest BCUT2D eigenvalue weighted by atomic mass is 16.5. The van der Waals surface area contributed by atoms with Crippen LogP contribution in [0.1, 0.15) is 44.4 Å². The number of carbonyl (C=O) groups excluding carboxylic acids is 1. The Morgan fingerprint density at radius 2 is 2.06 bits per heavy atom. The predicted octanol–water partition coefficient (Wildman–Crippen LogP) is 0.638. The highest BCUT2D eigenvalue weighted by Gasteiger charge is 2.17. The zero-order valence-corrected chi connectivity index (χ0v) is 10.4. The predicted molar refractivity (Wildman–Crippen MR) is 61.0 cm³/mol. The van der Waals surface area contributed by atoms with E-state index in [1.807, 2.05) is 13.8 Å². The van der Waals surface area contributed by atoms with Crippen LogP contribution in [0.2, 0.25) is 0 Å². The summed E-state index contributed by atoms with van der Waals surface area (Å²) in [5.74, 6) is -0.137. The van der Waals surface area contributed by atoms with E-state index in [9.17, 15) is 9.59 Å². The molecule has 0 aliphatic heterocycles. The summed E-state index contributed by atoms with van der Waals surface area (Å²) in [7, 11) is 0. The van der Waals surface area contributed by atoms with Crippen molar-refractivity contribution in [2.45, 2.75) is 32.7 Å². The Labute approximate surface area is 104 Å². The van der Waals surface area contributed by atoms with Gasteiger partial charge >= 0.3 is 12.0 Å². The first-order valence-corrected chi connectivity index (χ1v) is 5.49. The topological polar surface area (TPSA) is 117 Å². The third-order valence-electron chi connectivity index (χ3n) is 2.09. The van der Waals surface area contributed by atoms with E-state index in [1.54, 1.807) is 6.92 Å². The number of amides is 2. The molecule has 0 spiro atoms. The van der Waals surface area contributed by atoms with Gasteiger partial charge in [-0.05, 0) is 6.92 Å². The molecule has 1 atom stereocenters. The van der Waals surface area contributed by atoms with Gasteiger partial charge in [-0.2, -0.15) is 4.98 Å². The number of carbonyl (C=O) groups is 2. The van der Waals surface area contributed by atoms with Gasteiger partial charge in [-0.15, -0.1) is 0 Å². The lowest BCUT2D eigenvalue weighted by molar-refractivity contribution is -0.135. The molecule has 0 aliphatic rings. The maximum absolute atomic E-state index is 11.3. The molecule has 0 saturated carbocycles. The molecule has 0 radical (unpaired) electrons. The minimum absolute atomic E-state index is 0.135. The van der Waals surface area contributed by atoms with Gasteiger partial charge in [0.1, 0.15) is 12.6 Å². The van der Waals surface area contributed by atoms with Gasteiger partial charge in [0.2, 0.25) is 5.89 Å². The lowest BCUT2D eigenvalue weighted by Crippen LogP contribution is -2.39. The van der Waals surface area contributed by atoms with E-state index >= 15 is 0 Å². The molecule has 3 N–H and O–H groups in total. The van der Waals surface area contributed by atoms with Crippen molar-refractivity contribution >= 4 is 12.0 Å². The Kier molecular flexibility index (Phi) is 4.64. The monoisotopic (exact) mass is 256 g/mol. The maximum atomic E-state index is 11.3. The van der Waals surface area contributed by atoms with Crippen LogP contribution >= 0.6 is 0 Å². The second kappa shape index (κ2) is 5.99. The number of nitrogens with one attached hydrogen (secondary N) is 2. The number of aromatic nitrogens is 2. The summed E-state index contributed by atoms with van der Waals surface area (Å²) in [6.07, 6.45) is 0. The minimum atomic E-state index is -1.11. The molecule has 0 saturated heterocycles. The van der Waals surface area contributed by atoms with Crippen molar-refractivity contribution in [1.82, 2.24) is 20.8 Å². The minimum Gasteiger partial charge on any atom is -0.480 e. The van der Waals surface area contributed by atoms with Crippen LogP contribution in [0.3, 0.4) is 0 Å². The maximum Gasteiger partial charge on any atom is 0.323 e. The normalized spacial score (nSPS) is 12.2. The molecule has 8 heteroatoms. The number of carboxylic acids is 1. The van der Waals surface area contributed by atoms with Crippen molar-refractivity contribution in [3.8, 4) is 0 Å². The molecule has 100 valence electrons. The quantitative estimate of drug-likeness (QED) is 0.711. The molecule has 0 aromatic carbocycles. The van der Waals surface area contributed by atoms with Gasteiger partial charge in [0.05, 0.1) is 0 Å².